The predicted molar refractivity (Wildman–Crippen MR) is 77.8 cm³/mol. The van der Waals surface area contributed by atoms with E-state index in [9.17, 15) is 4.39 Å². The molecule has 3 N–H and O–H groups in total. The Morgan fingerprint density at radius 2 is 2.10 bits per heavy atom. The van der Waals surface area contributed by atoms with E-state index in [1.54, 1.807) is 13.1 Å². The summed E-state index contributed by atoms with van der Waals surface area (Å²) in [6, 6.07) is 7.72. The number of nitrogen functional groups attached to an aromatic ring is 1. The van der Waals surface area contributed by atoms with E-state index in [1.807, 2.05) is 6.07 Å². The summed E-state index contributed by atoms with van der Waals surface area (Å²) in [7, 11) is 1.80. The molecular formula is C13H11FN4OS. The summed E-state index contributed by atoms with van der Waals surface area (Å²) < 4.78 is 18.6. The highest BCUT2D eigenvalue weighted by Crippen LogP contribution is 2.28. The van der Waals surface area contributed by atoms with Gasteiger partial charge in [-0.15, -0.1) is 0 Å². The lowest BCUT2D eigenvalue weighted by molar-refractivity contribution is 0.464. The van der Waals surface area contributed by atoms with Gasteiger partial charge in [0.25, 0.3) is 0 Å². The number of ether oxygens (including phenoxy) is 1. The molecule has 3 aromatic rings. The third-order valence-electron chi connectivity index (χ3n) is 2.63. The molecule has 0 atom stereocenters. The maximum Gasteiger partial charge on any atom is 0.220 e. The highest BCUT2D eigenvalue weighted by Gasteiger charge is 2.07. The fourth-order valence-electron chi connectivity index (χ4n) is 1.67. The Bertz CT molecular complexity index is 774. The average molecular weight is 290 g/mol. The van der Waals surface area contributed by atoms with Crippen LogP contribution >= 0.6 is 11.3 Å². The molecule has 1 aromatic carbocycles. The Hall–Kier alpha value is -2.41. The number of nitrogens with one attached hydrogen (secondary N) is 1. The molecule has 0 saturated carbocycles. The number of thiazole rings is 1. The van der Waals surface area contributed by atoms with Crippen molar-refractivity contribution < 1.29 is 9.13 Å². The maximum atomic E-state index is 13.1. The summed E-state index contributed by atoms with van der Waals surface area (Å²) in [4.78, 5) is 9.44. The fraction of sp³-hybridized carbons (Fsp3) is 0.0769. The van der Waals surface area contributed by atoms with Crippen LogP contribution in [0.4, 0.5) is 15.2 Å². The lowest BCUT2D eigenvalue weighted by Gasteiger charge is -2.05. The van der Waals surface area contributed by atoms with E-state index < -0.39 is 5.82 Å². The highest BCUT2D eigenvalue weighted by atomic mass is 32.1. The van der Waals surface area contributed by atoms with Crippen LogP contribution in [-0.4, -0.2) is 17.0 Å². The van der Waals surface area contributed by atoms with E-state index in [-0.39, 0.29) is 5.69 Å². The lowest BCUT2D eigenvalue weighted by atomic mass is 10.3. The minimum atomic E-state index is -0.470. The lowest BCUT2D eigenvalue weighted by Crippen LogP contribution is -1.92. The maximum absolute atomic E-state index is 13.1. The molecule has 5 nitrogen and oxygen atoms in total. The summed E-state index contributed by atoms with van der Waals surface area (Å²) in [6.07, 6.45) is 0. The number of fused-ring (bicyclic) bond motifs is 1. The first kappa shape index (κ1) is 12.6. The van der Waals surface area contributed by atoms with Crippen molar-refractivity contribution >= 4 is 32.5 Å². The summed E-state index contributed by atoms with van der Waals surface area (Å²) in [5, 5.41) is 3.76. The van der Waals surface area contributed by atoms with Crippen LogP contribution in [0.15, 0.2) is 30.3 Å². The van der Waals surface area contributed by atoms with Crippen molar-refractivity contribution in [1.82, 2.24) is 9.97 Å². The van der Waals surface area contributed by atoms with Gasteiger partial charge in [0.2, 0.25) is 5.88 Å². The van der Waals surface area contributed by atoms with Crippen LogP contribution in [0.25, 0.3) is 10.3 Å². The van der Waals surface area contributed by atoms with Crippen molar-refractivity contribution in [1.29, 1.82) is 0 Å². The first-order chi connectivity index (χ1) is 9.65. The molecule has 0 aliphatic rings. The Labute approximate surface area is 118 Å². The van der Waals surface area contributed by atoms with E-state index in [1.165, 1.54) is 29.5 Å². The summed E-state index contributed by atoms with van der Waals surface area (Å²) >= 11 is 1.43. The minimum Gasteiger partial charge on any atom is -0.439 e. The fourth-order valence-corrected chi connectivity index (χ4v) is 2.45. The zero-order valence-electron chi connectivity index (χ0n) is 10.6. The van der Waals surface area contributed by atoms with Crippen molar-refractivity contribution in [3.05, 3.63) is 36.1 Å². The van der Waals surface area contributed by atoms with Gasteiger partial charge in [-0.25, -0.2) is 14.4 Å². The molecule has 0 aliphatic carbocycles. The van der Waals surface area contributed by atoms with Gasteiger partial charge in [0.1, 0.15) is 21.9 Å². The largest absolute Gasteiger partial charge is 0.439 e. The standard InChI is InChI=1S/C13H11FN4OS/c1-16-13-17-10-4-5-11(18-12(10)20-13)19-7-2-3-8(14)9(15)6-7/h2-6H,15H2,1H3,(H,16,17). The topological polar surface area (TPSA) is 73.1 Å². The Morgan fingerprint density at radius 3 is 2.85 bits per heavy atom. The van der Waals surface area contributed by atoms with Crippen molar-refractivity contribution in [3.8, 4) is 11.6 Å². The molecule has 0 spiro atoms. The van der Waals surface area contributed by atoms with E-state index in [4.69, 9.17) is 10.5 Å². The second-order valence-corrected chi connectivity index (χ2v) is 5.01. The van der Waals surface area contributed by atoms with Gasteiger partial charge < -0.3 is 15.8 Å². The molecule has 0 saturated heterocycles. The number of anilines is 2. The first-order valence-corrected chi connectivity index (χ1v) is 6.65. The average Bonchev–Trinajstić information content (AvgIpc) is 2.85. The van der Waals surface area contributed by atoms with Crippen LogP contribution in [0.2, 0.25) is 0 Å². The van der Waals surface area contributed by atoms with Gasteiger partial charge in [-0.1, -0.05) is 11.3 Å². The van der Waals surface area contributed by atoms with Crippen LogP contribution in [0.1, 0.15) is 0 Å². The molecule has 2 heterocycles. The van der Waals surface area contributed by atoms with Crippen LogP contribution in [0.5, 0.6) is 11.6 Å². The van der Waals surface area contributed by atoms with Gasteiger partial charge in [-0.3, -0.25) is 0 Å². The number of halogens is 1. The van der Waals surface area contributed by atoms with Gasteiger partial charge in [0, 0.05) is 19.2 Å². The molecule has 20 heavy (non-hydrogen) atoms. The molecule has 0 amide bonds. The van der Waals surface area contributed by atoms with Gasteiger partial charge in [0.05, 0.1) is 5.69 Å². The molecule has 0 fully saturated rings. The molecule has 3 rings (SSSR count). The Morgan fingerprint density at radius 1 is 1.25 bits per heavy atom. The number of nitrogens with two attached hydrogens (primary N) is 1. The number of nitrogens with zero attached hydrogens (tertiary/aromatic N) is 2. The Kier molecular flexibility index (Phi) is 3.11. The smallest absolute Gasteiger partial charge is 0.220 e. The quantitative estimate of drug-likeness (QED) is 0.724. The molecule has 7 heteroatoms. The zero-order valence-corrected chi connectivity index (χ0v) is 11.4. The van der Waals surface area contributed by atoms with E-state index >= 15 is 0 Å². The van der Waals surface area contributed by atoms with Crippen molar-refractivity contribution in [2.75, 3.05) is 18.1 Å². The number of pyridine rings is 1. The molecule has 0 radical (unpaired) electrons. The molecule has 0 aliphatic heterocycles. The SMILES string of the molecule is CNc1nc2ccc(Oc3ccc(F)c(N)c3)nc2s1. The molecule has 102 valence electrons. The van der Waals surface area contributed by atoms with Gasteiger partial charge >= 0.3 is 0 Å². The number of benzene rings is 1. The molecular weight excluding hydrogens is 279 g/mol. The summed E-state index contributed by atoms with van der Waals surface area (Å²) in [5.74, 6) is 0.380. The van der Waals surface area contributed by atoms with Crippen LogP contribution in [0, 0.1) is 5.82 Å². The normalized spacial score (nSPS) is 10.7. The van der Waals surface area contributed by atoms with Crippen molar-refractivity contribution in [3.63, 3.8) is 0 Å². The number of rotatable bonds is 3. The third-order valence-corrected chi connectivity index (χ3v) is 3.62. The second-order valence-electron chi connectivity index (χ2n) is 4.03. The van der Waals surface area contributed by atoms with Crippen LogP contribution in [0.3, 0.4) is 0 Å². The van der Waals surface area contributed by atoms with Gasteiger partial charge in [-0.2, -0.15) is 0 Å². The summed E-state index contributed by atoms with van der Waals surface area (Å²) in [5.41, 5.74) is 6.33. The van der Waals surface area contributed by atoms with Gasteiger partial charge in [-0.05, 0) is 18.2 Å². The number of aromatic nitrogens is 2. The van der Waals surface area contributed by atoms with E-state index in [0.717, 1.165) is 15.5 Å². The van der Waals surface area contributed by atoms with Crippen molar-refractivity contribution in [2.24, 2.45) is 0 Å². The minimum absolute atomic E-state index is 0.0406. The monoisotopic (exact) mass is 290 g/mol. The number of hydrogen-bond acceptors (Lipinski definition) is 6. The Balaban J connectivity index is 1.91. The number of hydrogen-bond donors (Lipinski definition) is 2. The van der Waals surface area contributed by atoms with Crippen molar-refractivity contribution in [2.45, 2.75) is 0 Å². The summed E-state index contributed by atoms with van der Waals surface area (Å²) in [6.45, 7) is 0. The molecule has 0 unspecified atom stereocenters. The van der Waals surface area contributed by atoms with E-state index in [2.05, 4.69) is 15.3 Å². The zero-order chi connectivity index (χ0) is 14.1. The van der Waals surface area contributed by atoms with Crippen LogP contribution < -0.4 is 15.8 Å². The van der Waals surface area contributed by atoms with E-state index in [0.29, 0.717) is 11.6 Å². The molecule has 2 aromatic heterocycles. The van der Waals surface area contributed by atoms with Gasteiger partial charge in [0.15, 0.2) is 5.13 Å². The molecule has 0 bridgehead atoms. The first-order valence-electron chi connectivity index (χ1n) is 5.84. The third kappa shape index (κ3) is 2.35. The van der Waals surface area contributed by atoms with Crippen LogP contribution in [-0.2, 0) is 0 Å². The highest BCUT2D eigenvalue weighted by molar-refractivity contribution is 7.21. The second kappa shape index (κ2) is 4.93. The predicted octanol–water partition coefficient (Wildman–Crippen LogP) is 3.25.